The van der Waals surface area contributed by atoms with Crippen LogP contribution in [0, 0.1) is 17.0 Å². The molecule has 0 aromatic heterocycles. The first kappa shape index (κ1) is 15.9. The van der Waals surface area contributed by atoms with Crippen LogP contribution in [0.5, 0.6) is 0 Å². The van der Waals surface area contributed by atoms with Gasteiger partial charge < -0.3 is 5.11 Å². The van der Waals surface area contributed by atoms with Gasteiger partial charge in [-0.05, 0) is 32.3 Å². The van der Waals surface area contributed by atoms with Crippen LogP contribution in [-0.4, -0.2) is 41.9 Å². The maximum Gasteiger partial charge on any atom is 0.273 e. The molecular formula is C13H18N2O5S. The summed E-state index contributed by atoms with van der Waals surface area (Å²) < 4.78 is 26.6. The number of aryl methyl sites for hydroxylation is 1. The molecule has 0 spiro atoms. The summed E-state index contributed by atoms with van der Waals surface area (Å²) in [4.78, 5) is 10.3. The van der Waals surface area contributed by atoms with Crippen molar-refractivity contribution in [1.29, 1.82) is 0 Å². The molecule has 1 N–H and O–H groups in total. The van der Waals surface area contributed by atoms with Crippen molar-refractivity contribution in [3.8, 4) is 0 Å². The number of hydrogen-bond donors (Lipinski definition) is 1. The number of aliphatic hydroxyl groups is 1. The second-order valence-corrected chi connectivity index (χ2v) is 7.02. The third-order valence-electron chi connectivity index (χ3n) is 3.77. The molecule has 0 amide bonds. The van der Waals surface area contributed by atoms with E-state index in [0.717, 1.165) is 12.5 Å². The normalized spacial score (nSPS) is 19.8. The summed E-state index contributed by atoms with van der Waals surface area (Å²) in [7, 11) is -3.77. The Morgan fingerprint density at radius 3 is 2.81 bits per heavy atom. The van der Waals surface area contributed by atoms with Gasteiger partial charge in [0.2, 0.25) is 10.0 Å². The summed E-state index contributed by atoms with van der Waals surface area (Å²) in [6.07, 6.45) is 1.82. The summed E-state index contributed by atoms with van der Waals surface area (Å²) in [5, 5.41) is 20.0. The highest BCUT2D eigenvalue weighted by atomic mass is 32.2. The average molecular weight is 314 g/mol. The van der Waals surface area contributed by atoms with Crippen molar-refractivity contribution in [1.82, 2.24) is 4.31 Å². The van der Waals surface area contributed by atoms with Crippen molar-refractivity contribution in [2.24, 2.45) is 0 Å². The van der Waals surface area contributed by atoms with E-state index < -0.39 is 14.9 Å². The molecule has 1 aromatic carbocycles. The fourth-order valence-corrected chi connectivity index (χ4v) is 4.39. The molecule has 1 aromatic rings. The molecule has 1 aliphatic heterocycles. The van der Waals surface area contributed by atoms with Gasteiger partial charge in [0, 0.05) is 30.8 Å². The van der Waals surface area contributed by atoms with E-state index in [1.54, 1.807) is 6.92 Å². The minimum atomic E-state index is -3.77. The van der Waals surface area contributed by atoms with Crippen molar-refractivity contribution in [3.05, 3.63) is 33.9 Å². The summed E-state index contributed by atoms with van der Waals surface area (Å²) in [6.45, 7) is 1.87. The lowest BCUT2D eigenvalue weighted by Crippen LogP contribution is -2.36. The first-order chi connectivity index (χ1) is 9.87. The Kier molecular flexibility index (Phi) is 4.60. The molecule has 1 aliphatic rings. The number of aliphatic hydroxyl groups excluding tert-OH is 1. The lowest BCUT2D eigenvalue weighted by Gasteiger charge is -2.23. The van der Waals surface area contributed by atoms with E-state index in [2.05, 4.69) is 0 Å². The molecule has 1 fully saturated rings. The monoisotopic (exact) mass is 314 g/mol. The standard InChI is InChI=1S/C13H18N2O5S/c1-10-4-5-12(9-13(10)15(17)18)21(19,20)14-7-2-3-11(14)6-8-16/h4-5,9,11,16H,2-3,6-8H2,1H3/t11-/m1/s1. The van der Waals surface area contributed by atoms with Gasteiger partial charge in [-0.15, -0.1) is 0 Å². The predicted molar refractivity (Wildman–Crippen MR) is 76.5 cm³/mol. The zero-order chi connectivity index (χ0) is 15.6. The van der Waals surface area contributed by atoms with Gasteiger partial charge in [0.15, 0.2) is 0 Å². The van der Waals surface area contributed by atoms with Crippen molar-refractivity contribution in [2.45, 2.75) is 37.1 Å². The van der Waals surface area contributed by atoms with Crippen molar-refractivity contribution >= 4 is 15.7 Å². The number of nitro benzene ring substituents is 1. The Bertz CT molecular complexity index is 644. The molecule has 116 valence electrons. The van der Waals surface area contributed by atoms with E-state index in [4.69, 9.17) is 5.11 Å². The highest BCUT2D eigenvalue weighted by Gasteiger charge is 2.35. The molecule has 0 saturated carbocycles. The zero-order valence-corrected chi connectivity index (χ0v) is 12.5. The third-order valence-corrected chi connectivity index (χ3v) is 5.72. The number of hydrogen-bond acceptors (Lipinski definition) is 5. The SMILES string of the molecule is Cc1ccc(S(=O)(=O)N2CCC[C@@H]2CCO)cc1[N+](=O)[O-]. The van der Waals surface area contributed by atoms with Crippen LogP contribution < -0.4 is 0 Å². The quantitative estimate of drug-likeness (QED) is 0.654. The van der Waals surface area contributed by atoms with Crippen LogP contribution in [0.4, 0.5) is 5.69 Å². The van der Waals surface area contributed by atoms with E-state index >= 15 is 0 Å². The summed E-state index contributed by atoms with van der Waals surface area (Å²) in [5.41, 5.74) is 0.223. The predicted octanol–water partition coefficient (Wildman–Crippen LogP) is 1.44. The van der Waals surface area contributed by atoms with E-state index in [0.29, 0.717) is 24.9 Å². The van der Waals surface area contributed by atoms with Crippen LogP contribution in [0.2, 0.25) is 0 Å². The molecule has 0 bridgehead atoms. The topological polar surface area (TPSA) is 101 Å². The van der Waals surface area contributed by atoms with Gasteiger partial charge >= 0.3 is 0 Å². The van der Waals surface area contributed by atoms with Gasteiger partial charge in [-0.1, -0.05) is 6.07 Å². The number of nitrogens with zero attached hydrogens (tertiary/aromatic N) is 2. The van der Waals surface area contributed by atoms with Crippen LogP contribution in [0.3, 0.4) is 0 Å². The summed E-state index contributed by atoms with van der Waals surface area (Å²) in [5.74, 6) is 0. The number of benzene rings is 1. The van der Waals surface area contributed by atoms with Crippen LogP contribution in [-0.2, 0) is 10.0 Å². The van der Waals surface area contributed by atoms with E-state index in [9.17, 15) is 18.5 Å². The Morgan fingerprint density at radius 1 is 1.48 bits per heavy atom. The van der Waals surface area contributed by atoms with Gasteiger partial charge in [-0.25, -0.2) is 8.42 Å². The van der Waals surface area contributed by atoms with Crippen molar-refractivity contribution in [2.75, 3.05) is 13.2 Å². The molecule has 0 aliphatic carbocycles. The van der Waals surface area contributed by atoms with Gasteiger partial charge in [-0.3, -0.25) is 10.1 Å². The maximum atomic E-state index is 12.6. The number of nitro groups is 1. The molecular weight excluding hydrogens is 296 g/mol. The molecule has 7 nitrogen and oxygen atoms in total. The van der Waals surface area contributed by atoms with Gasteiger partial charge in [-0.2, -0.15) is 4.31 Å². The Hall–Kier alpha value is -1.51. The van der Waals surface area contributed by atoms with Crippen molar-refractivity contribution < 1.29 is 18.4 Å². The van der Waals surface area contributed by atoms with E-state index in [1.807, 2.05) is 0 Å². The highest BCUT2D eigenvalue weighted by molar-refractivity contribution is 7.89. The third kappa shape index (κ3) is 3.07. The summed E-state index contributed by atoms with van der Waals surface area (Å²) in [6, 6.07) is 3.72. The smallest absolute Gasteiger partial charge is 0.273 e. The second kappa shape index (κ2) is 6.08. The molecule has 1 atom stereocenters. The van der Waals surface area contributed by atoms with Crippen molar-refractivity contribution in [3.63, 3.8) is 0 Å². The minimum Gasteiger partial charge on any atom is -0.396 e. The van der Waals surface area contributed by atoms with Gasteiger partial charge in [0.25, 0.3) is 5.69 Å². The fourth-order valence-electron chi connectivity index (χ4n) is 2.64. The summed E-state index contributed by atoms with van der Waals surface area (Å²) >= 11 is 0. The first-order valence-electron chi connectivity index (χ1n) is 6.75. The van der Waals surface area contributed by atoms with Crippen LogP contribution in [0.25, 0.3) is 0 Å². The highest BCUT2D eigenvalue weighted by Crippen LogP contribution is 2.30. The number of rotatable bonds is 5. The average Bonchev–Trinajstić information content (AvgIpc) is 2.88. The fraction of sp³-hybridized carbons (Fsp3) is 0.538. The first-order valence-corrected chi connectivity index (χ1v) is 8.19. The van der Waals surface area contributed by atoms with Gasteiger partial charge in [0.05, 0.1) is 9.82 Å². The zero-order valence-electron chi connectivity index (χ0n) is 11.7. The molecule has 1 saturated heterocycles. The number of sulfonamides is 1. The molecule has 0 radical (unpaired) electrons. The Balaban J connectivity index is 2.40. The molecule has 1 heterocycles. The lowest BCUT2D eigenvalue weighted by atomic mass is 10.2. The van der Waals surface area contributed by atoms with Crippen LogP contribution >= 0.6 is 0 Å². The van der Waals surface area contributed by atoms with E-state index in [-0.39, 0.29) is 23.2 Å². The van der Waals surface area contributed by atoms with E-state index in [1.165, 1.54) is 16.4 Å². The largest absolute Gasteiger partial charge is 0.396 e. The maximum absolute atomic E-state index is 12.6. The minimum absolute atomic E-state index is 0.0651. The molecule has 8 heteroatoms. The molecule has 21 heavy (non-hydrogen) atoms. The second-order valence-electron chi connectivity index (χ2n) is 5.13. The van der Waals surface area contributed by atoms with Gasteiger partial charge in [0.1, 0.15) is 0 Å². The Labute approximate surface area is 123 Å². The molecule has 0 unspecified atom stereocenters. The van der Waals surface area contributed by atoms with Crippen LogP contribution in [0.1, 0.15) is 24.8 Å². The molecule has 2 rings (SSSR count). The van der Waals surface area contributed by atoms with Crippen LogP contribution in [0.15, 0.2) is 23.1 Å². The Morgan fingerprint density at radius 2 is 2.19 bits per heavy atom. The lowest BCUT2D eigenvalue weighted by molar-refractivity contribution is -0.385.